The van der Waals surface area contributed by atoms with Crippen molar-refractivity contribution in [1.82, 2.24) is 0 Å². The van der Waals surface area contributed by atoms with E-state index in [0.29, 0.717) is 16.5 Å². The van der Waals surface area contributed by atoms with E-state index in [4.69, 9.17) is 20.8 Å². The summed E-state index contributed by atoms with van der Waals surface area (Å²) in [5.41, 5.74) is 1.16. The molecule has 1 aromatic heterocycles. The van der Waals surface area contributed by atoms with E-state index in [1.54, 1.807) is 25.1 Å². The lowest BCUT2D eigenvalue weighted by molar-refractivity contribution is -0.118. The maximum atomic E-state index is 11.8. The smallest absolute Gasteiger partial charge is 0.262 e. The van der Waals surface area contributed by atoms with Crippen LogP contribution in [0.5, 0.6) is 5.75 Å². The third kappa shape index (κ3) is 3.86. The lowest BCUT2D eigenvalue weighted by atomic mass is 10.2. The minimum Gasteiger partial charge on any atom is -0.476 e. The number of hydrogen-bond donors (Lipinski definition) is 1. The van der Waals surface area contributed by atoms with E-state index in [1.165, 1.54) is 12.3 Å². The van der Waals surface area contributed by atoms with Gasteiger partial charge in [-0.3, -0.25) is 9.59 Å². The van der Waals surface area contributed by atoms with Gasteiger partial charge >= 0.3 is 0 Å². The molecule has 0 aliphatic rings. The molecule has 0 saturated carbocycles. The average Bonchev–Trinajstić information content (AvgIpc) is 2.41. The van der Waals surface area contributed by atoms with Gasteiger partial charge in [0.25, 0.3) is 5.91 Å². The standard InChI is InChI=1S/C15H14ClNO4/c1-9-7-11(16)3-4-12(9)17-14(19)8-21-15-10(2)20-6-5-13(15)18/h3-7H,8H2,1-2H3,(H,17,19). The largest absolute Gasteiger partial charge is 0.476 e. The van der Waals surface area contributed by atoms with Crippen LogP contribution < -0.4 is 15.5 Å². The molecule has 0 fully saturated rings. The first kappa shape index (κ1) is 15.1. The zero-order valence-corrected chi connectivity index (χ0v) is 12.4. The third-order valence-corrected chi connectivity index (χ3v) is 3.05. The first-order chi connectivity index (χ1) is 9.97. The van der Waals surface area contributed by atoms with Crippen molar-refractivity contribution in [2.24, 2.45) is 0 Å². The van der Waals surface area contributed by atoms with Crippen molar-refractivity contribution in [3.8, 4) is 5.75 Å². The number of rotatable bonds is 4. The molecule has 0 unspecified atom stereocenters. The molecular weight excluding hydrogens is 294 g/mol. The number of hydrogen-bond acceptors (Lipinski definition) is 4. The van der Waals surface area contributed by atoms with Gasteiger partial charge in [-0.2, -0.15) is 0 Å². The molecule has 0 spiro atoms. The SMILES string of the molecule is Cc1cc(Cl)ccc1NC(=O)COc1c(C)occc1=O. The third-order valence-electron chi connectivity index (χ3n) is 2.82. The Morgan fingerprint density at radius 3 is 2.76 bits per heavy atom. The Kier molecular flexibility index (Phi) is 4.65. The van der Waals surface area contributed by atoms with Crippen LogP contribution in [0.1, 0.15) is 11.3 Å². The number of carbonyl (C=O) groups excluding carboxylic acids is 1. The highest BCUT2D eigenvalue weighted by Crippen LogP contribution is 2.19. The highest BCUT2D eigenvalue weighted by atomic mass is 35.5. The highest BCUT2D eigenvalue weighted by molar-refractivity contribution is 6.30. The van der Waals surface area contributed by atoms with Gasteiger partial charge in [0.05, 0.1) is 6.26 Å². The molecule has 0 atom stereocenters. The number of carbonyl (C=O) groups is 1. The number of aryl methyl sites for hydroxylation is 2. The maximum absolute atomic E-state index is 11.8. The summed E-state index contributed by atoms with van der Waals surface area (Å²) in [5.74, 6) is 0.00141. The number of benzene rings is 1. The van der Waals surface area contributed by atoms with Gasteiger partial charge in [-0.25, -0.2) is 0 Å². The Balaban J connectivity index is 2.01. The summed E-state index contributed by atoms with van der Waals surface area (Å²) in [6.07, 6.45) is 1.28. The lowest BCUT2D eigenvalue weighted by Crippen LogP contribution is -2.22. The lowest BCUT2D eigenvalue weighted by Gasteiger charge is -2.10. The predicted molar refractivity (Wildman–Crippen MR) is 80.0 cm³/mol. The van der Waals surface area contributed by atoms with E-state index in [1.807, 2.05) is 6.92 Å². The van der Waals surface area contributed by atoms with Crippen LogP contribution in [0.25, 0.3) is 0 Å². The second-order valence-electron chi connectivity index (χ2n) is 4.47. The van der Waals surface area contributed by atoms with Gasteiger partial charge in [-0.1, -0.05) is 11.6 Å². The molecule has 0 radical (unpaired) electrons. The van der Waals surface area contributed by atoms with Gasteiger partial charge in [0.2, 0.25) is 11.2 Å². The summed E-state index contributed by atoms with van der Waals surface area (Å²) >= 11 is 5.85. The fraction of sp³-hybridized carbons (Fsp3) is 0.200. The first-order valence-electron chi connectivity index (χ1n) is 6.24. The van der Waals surface area contributed by atoms with Crippen LogP contribution in [0, 0.1) is 13.8 Å². The zero-order chi connectivity index (χ0) is 15.4. The van der Waals surface area contributed by atoms with Crippen molar-refractivity contribution >= 4 is 23.2 Å². The molecule has 0 aliphatic heterocycles. The van der Waals surface area contributed by atoms with E-state index in [2.05, 4.69) is 5.32 Å². The second-order valence-corrected chi connectivity index (χ2v) is 4.90. The molecule has 5 nitrogen and oxygen atoms in total. The van der Waals surface area contributed by atoms with Crippen LogP contribution in [-0.4, -0.2) is 12.5 Å². The maximum Gasteiger partial charge on any atom is 0.262 e. The molecule has 21 heavy (non-hydrogen) atoms. The van der Waals surface area contributed by atoms with Crippen molar-refractivity contribution in [1.29, 1.82) is 0 Å². The Morgan fingerprint density at radius 1 is 1.33 bits per heavy atom. The first-order valence-corrected chi connectivity index (χ1v) is 6.62. The molecule has 1 aromatic carbocycles. The van der Waals surface area contributed by atoms with Gasteiger partial charge in [0.1, 0.15) is 5.76 Å². The molecule has 1 heterocycles. The van der Waals surface area contributed by atoms with Crippen molar-refractivity contribution in [3.05, 3.63) is 57.1 Å². The van der Waals surface area contributed by atoms with Crippen LogP contribution in [0.15, 0.2) is 39.7 Å². The van der Waals surface area contributed by atoms with Crippen molar-refractivity contribution in [2.45, 2.75) is 13.8 Å². The number of nitrogens with one attached hydrogen (secondary N) is 1. The molecule has 6 heteroatoms. The topological polar surface area (TPSA) is 68.5 Å². The summed E-state index contributed by atoms with van der Waals surface area (Å²) in [4.78, 5) is 23.4. The summed E-state index contributed by atoms with van der Waals surface area (Å²) in [7, 11) is 0. The monoisotopic (exact) mass is 307 g/mol. The predicted octanol–water partition coefficient (Wildman–Crippen LogP) is 2.93. The van der Waals surface area contributed by atoms with Gasteiger partial charge in [-0.05, 0) is 37.6 Å². The Hall–Kier alpha value is -2.27. The van der Waals surface area contributed by atoms with E-state index in [0.717, 1.165) is 5.56 Å². The molecule has 2 rings (SSSR count). The van der Waals surface area contributed by atoms with Crippen molar-refractivity contribution in [2.75, 3.05) is 11.9 Å². The van der Waals surface area contributed by atoms with Crippen LogP contribution in [0.4, 0.5) is 5.69 Å². The van der Waals surface area contributed by atoms with Crippen LogP contribution in [0.3, 0.4) is 0 Å². The summed E-state index contributed by atoms with van der Waals surface area (Å²) in [6, 6.07) is 6.37. The van der Waals surface area contributed by atoms with E-state index >= 15 is 0 Å². The van der Waals surface area contributed by atoms with Crippen molar-refractivity contribution < 1.29 is 13.9 Å². The van der Waals surface area contributed by atoms with E-state index in [9.17, 15) is 9.59 Å². The second kappa shape index (κ2) is 6.45. The summed E-state index contributed by atoms with van der Waals surface area (Å²) in [5, 5.41) is 3.29. The normalized spacial score (nSPS) is 10.2. The molecule has 1 amide bonds. The quantitative estimate of drug-likeness (QED) is 0.943. The number of halogens is 1. The molecule has 110 valence electrons. The van der Waals surface area contributed by atoms with Crippen LogP contribution in [0.2, 0.25) is 5.02 Å². The number of amides is 1. The van der Waals surface area contributed by atoms with Gasteiger partial charge in [-0.15, -0.1) is 0 Å². The van der Waals surface area contributed by atoms with Crippen LogP contribution in [-0.2, 0) is 4.79 Å². The van der Waals surface area contributed by atoms with Crippen LogP contribution >= 0.6 is 11.6 Å². The Labute approximate surface area is 126 Å². The molecule has 2 aromatic rings. The highest BCUT2D eigenvalue weighted by Gasteiger charge is 2.10. The molecule has 0 saturated heterocycles. The van der Waals surface area contributed by atoms with Gasteiger partial charge < -0.3 is 14.5 Å². The Morgan fingerprint density at radius 2 is 2.10 bits per heavy atom. The number of ether oxygens (including phenoxy) is 1. The minimum atomic E-state index is -0.372. The molecule has 0 bridgehead atoms. The van der Waals surface area contributed by atoms with E-state index < -0.39 is 0 Å². The zero-order valence-electron chi connectivity index (χ0n) is 11.6. The fourth-order valence-corrected chi connectivity index (χ4v) is 1.99. The number of anilines is 1. The molecule has 1 N–H and O–H groups in total. The minimum absolute atomic E-state index is 0.0421. The van der Waals surface area contributed by atoms with E-state index in [-0.39, 0.29) is 23.7 Å². The molecule has 0 aliphatic carbocycles. The summed E-state index contributed by atoms with van der Waals surface area (Å²) in [6.45, 7) is 3.15. The average molecular weight is 308 g/mol. The molecular formula is C15H14ClNO4. The van der Waals surface area contributed by atoms with Crippen molar-refractivity contribution in [3.63, 3.8) is 0 Å². The van der Waals surface area contributed by atoms with Gasteiger partial charge in [0, 0.05) is 16.8 Å². The fourth-order valence-electron chi connectivity index (χ4n) is 1.76. The summed E-state index contributed by atoms with van der Waals surface area (Å²) < 4.78 is 10.3. The van der Waals surface area contributed by atoms with Gasteiger partial charge in [0.15, 0.2) is 6.61 Å². The Bertz CT molecular complexity index is 724.